The van der Waals surface area contributed by atoms with E-state index in [1.807, 2.05) is 12.1 Å². The fourth-order valence-corrected chi connectivity index (χ4v) is 7.34. The van der Waals surface area contributed by atoms with Crippen LogP contribution in [-0.4, -0.2) is 12.1 Å². The smallest absolute Gasteiger partial charge is 0.338 e. The molecule has 0 radical (unpaired) electrons. The predicted molar refractivity (Wildman–Crippen MR) is 138 cm³/mol. The summed E-state index contributed by atoms with van der Waals surface area (Å²) in [6.45, 7) is 4.60. The zero-order valence-corrected chi connectivity index (χ0v) is 21.4. The first-order valence-corrected chi connectivity index (χ1v) is 14.5. The SMILES string of the molecule is CCC[C@H]1CC[C@H](OC(=O)c2ccc(C3CCC([C@H]4CC[C@H](CCC)CC4)CC3)cc2)CC1. The Morgan fingerprint density at radius 2 is 1.18 bits per heavy atom. The van der Waals surface area contributed by atoms with Gasteiger partial charge in [0.25, 0.3) is 0 Å². The molecule has 0 bridgehead atoms. The van der Waals surface area contributed by atoms with Gasteiger partial charge in [0, 0.05) is 0 Å². The third-order valence-electron chi connectivity index (χ3n) is 9.41. The molecular formula is C31H48O2. The lowest BCUT2D eigenvalue weighted by molar-refractivity contribution is 0.0161. The highest BCUT2D eigenvalue weighted by molar-refractivity contribution is 5.89. The van der Waals surface area contributed by atoms with Gasteiger partial charge in [-0.1, -0.05) is 64.5 Å². The van der Waals surface area contributed by atoms with E-state index in [4.69, 9.17) is 4.74 Å². The Morgan fingerprint density at radius 3 is 1.70 bits per heavy atom. The lowest BCUT2D eigenvalue weighted by atomic mass is 9.68. The normalized spacial score (nSPS) is 32.9. The molecule has 0 spiro atoms. The largest absolute Gasteiger partial charge is 0.459 e. The van der Waals surface area contributed by atoms with Crippen molar-refractivity contribution in [1.29, 1.82) is 0 Å². The van der Waals surface area contributed by atoms with Crippen LogP contribution < -0.4 is 0 Å². The van der Waals surface area contributed by atoms with Crippen molar-refractivity contribution in [3.05, 3.63) is 35.4 Å². The van der Waals surface area contributed by atoms with Gasteiger partial charge in [0.05, 0.1) is 5.56 Å². The summed E-state index contributed by atoms with van der Waals surface area (Å²) in [6.07, 6.45) is 21.4. The van der Waals surface area contributed by atoms with Gasteiger partial charge in [-0.2, -0.15) is 0 Å². The number of benzene rings is 1. The molecule has 3 aliphatic carbocycles. The lowest BCUT2D eigenvalue weighted by Gasteiger charge is -2.38. The Bertz CT molecular complexity index is 699. The molecule has 1 aromatic carbocycles. The van der Waals surface area contributed by atoms with Gasteiger partial charge in [-0.05, 0) is 111 Å². The van der Waals surface area contributed by atoms with Crippen molar-refractivity contribution in [2.24, 2.45) is 23.7 Å². The highest BCUT2D eigenvalue weighted by Crippen LogP contribution is 2.44. The Morgan fingerprint density at radius 1 is 0.697 bits per heavy atom. The first-order chi connectivity index (χ1) is 16.2. The molecule has 4 rings (SSSR count). The molecule has 0 aliphatic heterocycles. The van der Waals surface area contributed by atoms with E-state index in [9.17, 15) is 4.79 Å². The maximum Gasteiger partial charge on any atom is 0.338 e. The number of hydrogen-bond donors (Lipinski definition) is 0. The highest BCUT2D eigenvalue weighted by Gasteiger charge is 2.31. The van der Waals surface area contributed by atoms with E-state index in [2.05, 4.69) is 26.0 Å². The van der Waals surface area contributed by atoms with Crippen molar-refractivity contribution in [1.82, 2.24) is 0 Å². The molecule has 0 N–H and O–H groups in total. The molecule has 3 saturated carbocycles. The van der Waals surface area contributed by atoms with E-state index in [0.29, 0.717) is 5.92 Å². The van der Waals surface area contributed by atoms with Gasteiger partial charge in [-0.15, -0.1) is 0 Å². The van der Waals surface area contributed by atoms with Gasteiger partial charge in [-0.3, -0.25) is 0 Å². The summed E-state index contributed by atoms with van der Waals surface area (Å²) < 4.78 is 5.85. The van der Waals surface area contributed by atoms with Crippen molar-refractivity contribution in [2.45, 2.75) is 129 Å². The Balaban J connectivity index is 1.20. The van der Waals surface area contributed by atoms with Crippen molar-refractivity contribution < 1.29 is 9.53 Å². The van der Waals surface area contributed by atoms with Gasteiger partial charge in [-0.25, -0.2) is 4.79 Å². The molecule has 3 fully saturated rings. The monoisotopic (exact) mass is 452 g/mol. The van der Waals surface area contributed by atoms with Crippen molar-refractivity contribution in [3.63, 3.8) is 0 Å². The molecular weight excluding hydrogens is 404 g/mol. The first kappa shape index (κ1) is 24.8. The minimum Gasteiger partial charge on any atom is -0.459 e. The summed E-state index contributed by atoms with van der Waals surface area (Å²) in [7, 11) is 0. The minimum absolute atomic E-state index is 0.122. The van der Waals surface area contributed by atoms with Gasteiger partial charge >= 0.3 is 5.97 Å². The third-order valence-corrected chi connectivity index (χ3v) is 9.41. The van der Waals surface area contributed by atoms with E-state index >= 15 is 0 Å². The van der Waals surface area contributed by atoms with Gasteiger partial charge in [0.15, 0.2) is 0 Å². The molecule has 0 atom stereocenters. The number of esters is 1. The number of carbonyl (C=O) groups excluding carboxylic acids is 1. The molecule has 0 amide bonds. The molecule has 184 valence electrons. The van der Waals surface area contributed by atoms with Crippen LogP contribution >= 0.6 is 0 Å². The Hall–Kier alpha value is -1.31. The van der Waals surface area contributed by atoms with Crippen LogP contribution in [0.25, 0.3) is 0 Å². The standard InChI is InChI=1S/C31H48O2/c1-3-5-23-7-11-25(12-8-23)26-13-15-27(16-14-26)28-17-19-29(20-18-28)31(32)33-30-21-9-24(6-4-2)10-22-30/h17-20,23-27,30H,3-16,21-22H2,1-2H3/t23-,24-,25-,26?,27?,30-. The Kier molecular flexibility index (Phi) is 9.33. The van der Waals surface area contributed by atoms with Crippen molar-refractivity contribution in [3.8, 4) is 0 Å². The van der Waals surface area contributed by atoms with Gasteiger partial charge in [0.2, 0.25) is 0 Å². The minimum atomic E-state index is -0.122. The second kappa shape index (κ2) is 12.4. The third kappa shape index (κ3) is 6.86. The zero-order chi connectivity index (χ0) is 23.0. The van der Waals surface area contributed by atoms with Crippen molar-refractivity contribution >= 4 is 5.97 Å². The van der Waals surface area contributed by atoms with Crippen LogP contribution in [0, 0.1) is 23.7 Å². The van der Waals surface area contributed by atoms with E-state index in [1.54, 1.807) is 0 Å². The molecule has 33 heavy (non-hydrogen) atoms. The number of rotatable bonds is 8. The summed E-state index contributed by atoms with van der Waals surface area (Å²) in [5.74, 6) is 4.37. The van der Waals surface area contributed by atoms with E-state index in [0.717, 1.165) is 42.1 Å². The molecule has 0 heterocycles. The molecule has 2 nitrogen and oxygen atoms in total. The van der Waals surface area contributed by atoms with Crippen LogP contribution in [0.2, 0.25) is 0 Å². The molecule has 3 aliphatic rings. The van der Waals surface area contributed by atoms with E-state index in [-0.39, 0.29) is 12.1 Å². The van der Waals surface area contributed by atoms with Crippen molar-refractivity contribution in [2.75, 3.05) is 0 Å². The van der Waals surface area contributed by atoms with Gasteiger partial charge in [0.1, 0.15) is 6.10 Å². The van der Waals surface area contributed by atoms with Crippen LogP contribution in [0.4, 0.5) is 0 Å². The fraction of sp³-hybridized carbons (Fsp3) is 0.774. The summed E-state index contributed by atoms with van der Waals surface area (Å²) in [4.78, 5) is 12.7. The molecule has 0 saturated heterocycles. The highest BCUT2D eigenvalue weighted by atomic mass is 16.5. The topological polar surface area (TPSA) is 26.3 Å². The van der Waals surface area contributed by atoms with Crippen LogP contribution in [0.1, 0.15) is 138 Å². The zero-order valence-electron chi connectivity index (χ0n) is 21.4. The second-order valence-electron chi connectivity index (χ2n) is 11.6. The number of hydrogen-bond acceptors (Lipinski definition) is 2. The molecule has 2 heteroatoms. The quantitative estimate of drug-likeness (QED) is 0.368. The first-order valence-electron chi connectivity index (χ1n) is 14.5. The average Bonchev–Trinajstić information content (AvgIpc) is 2.86. The average molecular weight is 453 g/mol. The van der Waals surface area contributed by atoms with Gasteiger partial charge < -0.3 is 4.74 Å². The van der Waals surface area contributed by atoms with Crippen LogP contribution in [0.15, 0.2) is 24.3 Å². The number of carbonyl (C=O) groups is 1. The fourth-order valence-electron chi connectivity index (χ4n) is 7.34. The van der Waals surface area contributed by atoms with Crippen LogP contribution in [-0.2, 0) is 4.74 Å². The number of ether oxygens (including phenoxy) is 1. The lowest BCUT2D eigenvalue weighted by Crippen LogP contribution is -2.25. The van der Waals surface area contributed by atoms with E-state index in [1.165, 1.54) is 95.5 Å². The molecule has 0 aromatic heterocycles. The van der Waals surface area contributed by atoms with Crippen LogP contribution in [0.3, 0.4) is 0 Å². The second-order valence-corrected chi connectivity index (χ2v) is 11.6. The summed E-state index contributed by atoms with van der Waals surface area (Å²) in [6, 6.07) is 8.44. The maximum absolute atomic E-state index is 12.7. The molecule has 1 aromatic rings. The Labute approximate surface area is 203 Å². The predicted octanol–water partition coefficient (Wildman–Crippen LogP) is 9.08. The summed E-state index contributed by atoms with van der Waals surface area (Å²) >= 11 is 0. The molecule has 0 unspecified atom stereocenters. The maximum atomic E-state index is 12.7. The van der Waals surface area contributed by atoms with Crippen LogP contribution in [0.5, 0.6) is 0 Å². The summed E-state index contributed by atoms with van der Waals surface area (Å²) in [5, 5.41) is 0. The van der Waals surface area contributed by atoms with E-state index < -0.39 is 0 Å². The summed E-state index contributed by atoms with van der Waals surface area (Å²) in [5.41, 5.74) is 2.16.